The van der Waals surface area contributed by atoms with Gasteiger partial charge < -0.3 is 14.4 Å². The van der Waals surface area contributed by atoms with Gasteiger partial charge in [-0.1, -0.05) is 49.7 Å². The summed E-state index contributed by atoms with van der Waals surface area (Å²) in [6.07, 6.45) is 0.858. The minimum atomic E-state index is -3.43. The lowest BCUT2D eigenvalue weighted by atomic mass is 9.91. The third-order valence-electron chi connectivity index (χ3n) is 6.63. The number of aromatic hydroxyl groups is 1. The molecule has 0 bridgehead atoms. The molecule has 0 aliphatic carbocycles. The van der Waals surface area contributed by atoms with E-state index in [0.29, 0.717) is 29.5 Å². The van der Waals surface area contributed by atoms with E-state index in [4.69, 9.17) is 25.4 Å². The lowest BCUT2D eigenvalue weighted by Crippen LogP contribution is -2.17. The van der Waals surface area contributed by atoms with Gasteiger partial charge in [-0.15, -0.1) is 0 Å². The molecule has 3 aromatic rings. The molecule has 1 unspecified atom stereocenters. The summed E-state index contributed by atoms with van der Waals surface area (Å²) in [5.74, 6) is 1.25. The van der Waals surface area contributed by atoms with Gasteiger partial charge in [-0.25, -0.2) is 0 Å². The highest BCUT2D eigenvalue weighted by Crippen LogP contribution is 2.56. The maximum atomic E-state index is 13.3. The molecule has 7 heteroatoms. The van der Waals surface area contributed by atoms with Crippen LogP contribution in [0.25, 0.3) is 0 Å². The fourth-order valence-corrected chi connectivity index (χ4v) is 6.38. The third kappa shape index (κ3) is 6.15. The minimum Gasteiger partial charge on any atom is -0.507 e. The van der Waals surface area contributed by atoms with Crippen molar-refractivity contribution in [2.24, 2.45) is 0 Å². The first-order valence-electron chi connectivity index (χ1n) is 12.3. The second-order valence-corrected chi connectivity index (χ2v) is 12.3. The lowest BCUT2D eigenvalue weighted by Gasteiger charge is -2.30. The average molecular weight is 529 g/mol. The van der Waals surface area contributed by atoms with Gasteiger partial charge in [-0.2, -0.15) is 0 Å². The Morgan fingerprint density at radius 2 is 1.81 bits per heavy atom. The highest BCUT2D eigenvalue weighted by Gasteiger charge is 2.35. The van der Waals surface area contributed by atoms with E-state index in [0.717, 1.165) is 39.8 Å². The molecule has 0 aromatic heterocycles. The summed E-state index contributed by atoms with van der Waals surface area (Å²) in [7, 11) is -3.43. The molecule has 0 amide bonds. The average Bonchev–Trinajstić information content (AvgIpc) is 2.82. The number of hydrogen-bond donors (Lipinski definition) is 1. The van der Waals surface area contributed by atoms with E-state index in [1.807, 2.05) is 43.3 Å². The van der Waals surface area contributed by atoms with Crippen LogP contribution in [0.15, 0.2) is 48.5 Å². The summed E-state index contributed by atoms with van der Waals surface area (Å²) in [6.45, 7) is 10.6. The predicted molar refractivity (Wildman–Crippen MR) is 145 cm³/mol. The molecule has 192 valence electrons. The molecule has 1 heterocycles. The molecule has 5 nitrogen and oxygen atoms in total. The zero-order valence-corrected chi connectivity index (χ0v) is 23.2. The van der Waals surface area contributed by atoms with Crippen molar-refractivity contribution in [2.45, 2.75) is 59.5 Å². The molecule has 3 aromatic carbocycles. The Labute approximate surface area is 218 Å². The first-order chi connectivity index (χ1) is 17.0. The van der Waals surface area contributed by atoms with Gasteiger partial charge in [0.15, 0.2) is 6.35 Å². The molecule has 0 radical (unpaired) electrons. The molecular formula is C29H34ClO5P. The number of aryl methyl sites for hydroxylation is 3. The number of halogens is 1. The molecule has 1 aliphatic heterocycles. The van der Waals surface area contributed by atoms with Crippen LogP contribution in [0.3, 0.4) is 0 Å². The molecule has 1 saturated heterocycles. The van der Waals surface area contributed by atoms with E-state index >= 15 is 0 Å². The van der Waals surface area contributed by atoms with E-state index in [1.165, 1.54) is 5.56 Å². The number of rotatable bonds is 7. The highest BCUT2D eigenvalue weighted by molar-refractivity contribution is 7.53. The SMILES string of the molecule is Cc1cc(Cc2c(C)cc(OCP3(=O)OCC[C@@H](c4cccc(Cl)c4)O3)cc2C)cc(C(C)C)c1O. The Balaban J connectivity index is 1.47. The van der Waals surface area contributed by atoms with Gasteiger partial charge >= 0.3 is 7.60 Å². The van der Waals surface area contributed by atoms with Crippen molar-refractivity contribution in [1.82, 2.24) is 0 Å². The van der Waals surface area contributed by atoms with Crippen molar-refractivity contribution in [3.8, 4) is 11.5 Å². The Bertz CT molecular complexity index is 1280. The van der Waals surface area contributed by atoms with E-state index in [2.05, 4.69) is 33.8 Å². The van der Waals surface area contributed by atoms with Crippen molar-refractivity contribution in [1.29, 1.82) is 0 Å². The number of ether oxygens (including phenoxy) is 1. The zero-order chi connectivity index (χ0) is 26.0. The molecule has 1 aliphatic rings. The Hall–Kier alpha value is -2.30. The fraction of sp³-hybridized carbons (Fsp3) is 0.379. The van der Waals surface area contributed by atoms with Crippen molar-refractivity contribution >= 4 is 19.2 Å². The van der Waals surface area contributed by atoms with Gasteiger partial charge in [0, 0.05) is 11.4 Å². The fourth-order valence-electron chi connectivity index (χ4n) is 4.68. The van der Waals surface area contributed by atoms with Crippen LogP contribution in [0.1, 0.15) is 71.2 Å². The molecule has 0 spiro atoms. The number of hydrogen-bond acceptors (Lipinski definition) is 5. The van der Waals surface area contributed by atoms with E-state index in [-0.39, 0.29) is 18.4 Å². The predicted octanol–water partition coefficient (Wildman–Crippen LogP) is 8.39. The Kier molecular flexibility index (Phi) is 8.16. The molecule has 1 fully saturated rings. The van der Waals surface area contributed by atoms with Crippen LogP contribution in [0.4, 0.5) is 0 Å². The van der Waals surface area contributed by atoms with Gasteiger partial charge in [0.05, 0.1) is 12.7 Å². The van der Waals surface area contributed by atoms with Crippen LogP contribution in [-0.2, 0) is 20.0 Å². The second-order valence-electron chi connectivity index (χ2n) is 9.87. The first kappa shape index (κ1) is 26.8. The quantitative estimate of drug-likeness (QED) is 0.312. The van der Waals surface area contributed by atoms with Crippen molar-refractivity contribution in [3.05, 3.63) is 92.5 Å². The normalized spacial score (nSPS) is 20.0. The molecule has 36 heavy (non-hydrogen) atoms. The Morgan fingerprint density at radius 3 is 2.47 bits per heavy atom. The van der Waals surface area contributed by atoms with E-state index in [9.17, 15) is 9.67 Å². The van der Waals surface area contributed by atoms with E-state index < -0.39 is 7.60 Å². The van der Waals surface area contributed by atoms with Crippen molar-refractivity contribution in [2.75, 3.05) is 13.0 Å². The van der Waals surface area contributed by atoms with Crippen LogP contribution < -0.4 is 4.74 Å². The van der Waals surface area contributed by atoms with Gasteiger partial charge in [0.1, 0.15) is 11.5 Å². The Morgan fingerprint density at radius 1 is 1.08 bits per heavy atom. The molecule has 1 N–H and O–H groups in total. The van der Waals surface area contributed by atoms with Gasteiger partial charge in [-0.3, -0.25) is 9.09 Å². The van der Waals surface area contributed by atoms with Crippen LogP contribution >= 0.6 is 19.2 Å². The standard InChI is InChI=1S/C29H34ClO5P/c1-18(2)26-14-22(11-21(5)29(26)31)15-27-19(3)12-25(13-20(27)4)33-17-36(32)34-10-9-28(35-36)23-7-6-8-24(30)16-23/h6-8,11-14,16,18,28,31H,9-10,15,17H2,1-5H3/t28-,36?/m0/s1. The molecule has 0 saturated carbocycles. The summed E-state index contributed by atoms with van der Waals surface area (Å²) in [5, 5.41) is 11.0. The lowest BCUT2D eigenvalue weighted by molar-refractivity contribution is 0.0725. The smallest absolute Gasteiger partial charge is 0.368 e. The summed E-state index contributed by atoms with van der Waals surface area (Å²) >= 11 is 6.11. The van der Waals surface area contributed by atoms with Gasteiger partial charge in [-0.05, 0) is 96.3 Å². The van der Waals surface area contributed by atoms with Crippen molar-refractivity contribution in [3.63, 3.8) is 0 Å². The van der Waals surface area contributed by atoms with Crippen LogP contribution in [0.5, 0.6) is 11.5 Å². The summed E-state index contributed by atoms with van der Waals surface area (Å²) < 4.78 is 30.6. The topological polar surface area (TPSA) is 65.0 Å². The van der Waals surface area contributed by atoms with Crippen LogP contribution in [0.2, 0.25) is 5.02 Å². The number of phenolic OH excluding ortho intramolecular Hbond substituents is 1. The number of benzene rings is 3. The van der Waals surface area contributed by atoms with Crippen LogP contribution in [-0.4, -0.2) is 18.1 Å². The zero-order valence-electron chi connectivity index (χ0n) is 21.5. The molecule has 4 rings (SSSR count). The largest absolute Gasteiger partial charge is 0.507 e. The maximum absolute atomic E-state index is 13.3. The first-order valence-corrected chi connectivity index (χ1v) is 14.4. The maximum Gasteiger partial charge on any atom is 0.368 e. The third-order valence-corrected chi connectivity index (χ3v) is 8.46. The van der Waals surface area contributed by atoms with E-state index in [1.54, 1.807) is 6.07 Å². The van der Waals surface area contributed by atoms with Gasteiger partial charge in [0.2, 0.25) is 0 Å². The van der Waals surface area contributed by atoms with Crippen LogP contribution in [0, 0.1) is 20.8 Å². The van der Waals surface area contributed by atoms with Crippen molar-refractivity contribution < 1.29 is 23.5 Å². The minimum absolute atomic E-state index is 0.156. The summed E-state index contributed by atoms with van der Waals surface area (Å²) in [4.78, 5) is 0. The summed E-state index contributed by atoms with van der Waals surface area (Å²) in [5.41, 5.74) is 7.28. The molecular weight excluding hydrogens is 495 g/mol. The monoisotopic (exact) mass is 528 g/mol. The summed E-state index contributed by atoms with van der Waals surface area (Å²) in [6, 6.07) is 15.5. The second kappa shape index (κ2) is 11.0. The van der Waals surface area contributed by atoms with Gasteiger partial charge in [0.25, 0.3) is 0 Å². The highest BCUT2D eigenvalue weighted by atomic mass is 35.5. The molecule has 2 atom stereocenters. The number of phenols is 1.